The second-order valence-electron chi connectivity index (χ2n) is 4.31. The number of aliphatic hydroxyl groups excluding tert-OH is 2. The number of carboxylic acids is 1. The molecule has 2 unspecified atom stereocenters. The van der Waals surface area contributed by atoms with Crippen LogP contribution in [0.2, 0.25) is 0 Å². The zero-order valence-electron chi connectivity index (χ0n) is 10.2. The molecule has 1 aromatic carbocycles. The Hall–Kier alpha value is -1.47. The van der Waals surface area contributed by atoms with Crippen molar-refractivity contribution >= 4 is 5.97 Å². The molecule has 1 saturated heterocycles. The van der Waals surface area contributed by atoms with E-state index >= 15 is 0 Å². The zero-order chi connectivity index (χ0) is 13.8. The molecule has 0 amide bonds. The Kier molecular flexibility index (Phi) is 4.49. The smallest absolute Gasteiger partial charge is 0.306 e. The average molecular weight is 268 g/mol. The van der Waals surface area contributed by atoms with Crippen LogP contribution in [0.15, 0.2) is 24.3 Å². The summed E-state index contributed by atoms with van der Waals surface area (Å²) in [7, 11) is 0. The fourth-order valence-corrected chi connectivity index (χ4v) is 2.03. The van der Waals surface area contributed by atoms with Crippen LogP contribution in [0.25, 0.3) is 0 Å². The standard InChI is InChI=1S/C13H16O6/c14-10(7-11(15)16)12(17)8-3-1-2-4-9(8)13-18-5-6-19-13/h1-4,10,12-14,17H,5-7H2,(H,15,16). The number of carboxylic acid groups (broad SMARTS) is 1. The number of hydrogen-bond donors (Lipinski definition) is 3. The van der Waals surface area contributed by atoms with Crippen LogP contribution in [-0.4, -0.2) is 40.6 Å². The predicted molar refractivity (Wildman–Crippen MR) is 64.3 cm³/mol. The van der Waals surface area contributed by atoms with Gasteiger partial charge in [0.05, 0.1) is 25.7 Å². The lowest BCUT2D eigenvalue weighted by Gasteiger charge is -2.21. The van der Waals surface area contributed by atoms with Crippen molar-refractivity contribution in [3.63, 3.8) is 0 Å². The van der Waals surface area contributed by atoms with Crippen molar-refractivity contribution in [3.8, 4) is 0 Å². The van der Waals surface area contributed by atoms with Gasteiger partial charge in [-0.1, -0.05) is 24.3 Å². The van der Waals surface area contributed by atoms with Gasteiger partial charge in [-0.3, -0.25) is 4.79 Å². The van der Waals surface area contributed by atoms with E-state index in [1.54, 1.807) is 24.3 Å². The summed E-state index contributed by atoms with van der Waals surface area (Å²) < 4.78 is 10.7. The molecule has 0 radical (unpaired) electrons. The van der Waals surface area contributed by atoms with Gasteiger partial charge in [0.1, 0.15) is 6.10 Å². The summed E-state index contributed by atoms with van der Waals surface area (Å²) in [6.45, 7) is 0.930. The van der Waals surface area contributed by atoms with Crippen molar-refractivity contribution in [2.75, 3.05) is 13.2 Å². The first-order chi connectivity index (χ1) is 9.09. The Bertz CT molecular complexity index is 441. The fourth-order valence-electron chi connectivity index (χ4n) is 2.03. The van der Waals surface area contributed by atoms with Crippen LogP contribution in [-0.2, 0) is 14.3 Å². The average Bonchev–Trinajstić information content (AvgIpc) is 2.91. The van der Waals surface area contributed by atoms with Gasteiger partial charge in [0.15, 0.2) is 6.29 Å². The summed E-state index contributed by atoms with van der Waals surface area (Å²) >= 11 is 0. The molecule has 0 spiro atoms. The van der Waals surface area contributed by atoms with Crippen LogP contribution in [0.4, 0.5) is 0 Å². The van der Waals surface area contributed by atoms with E-state index in [0.717, 1.165) is 0 Å². The van der Waals surface area contributed by atoms with Crippen LogP contribution in [0.3, 0.4) is 0 Å². The van der Waals surface area contributed by atoms with Crippen LogP contribution in [0, 0.1) is 0 Å². The highest BCUT2D eigenvalue weighted by Crippen LogP contribution is 2.31. The molecule has 0 bridgehead atoms. The second kappa shape index (κ2) is 6.12. The van der Waals surface area contributed by atoms with E-state index in [1.807, 2.05) is 0 Å². The molecule has 104 valence electrons. The van der Waals surface area contributed by atoms with Crippen LogP contribution in [0.5, 0.6) is 0 Å². The van der Waals surface area contributed by atoms with E-state index in [4.69, 9.17) is 14.6 Å². The van der Waals surface area contributed by atoms with Crippen molar-refractivity contribution in [2.45, 2.75) is 24.9 Å². The minimum Gasteiger partial charge on any atom is -0.481 e. The molecule has 2 rings (SSSR count). The molecule has 0 aliphatic carbocycles. The van der Waals surface area contributed by atoms with Crippen LogP contribution in [0.1, 0.15) is 29.9 Å². The maximum atomic E-state index is 10.6. The fraction of sp³-hybridized carbons (Fsp3) is 0.462. The first-order valence-electron chi connectivity index (χ1n) is 5.99. The SMILES string of the molecule is O=C(O)CC(O)C(O)c1ccccc1C1OCCO1. The van der Waals surface area contributed by atoms with Crippen molar-refractivity contribution in [2.24, 2.45) is 0 Å². The van der Waals surface area contributed by atoms with Gasteiger partial charge < -0.3 is 24.8 Å². The number of ether oxygens (including phenoxy) is 2. The summed E-state index contributed by atoms with van der Waals surface area (Å²) in [5, 5.41) is 28.4. The maximum Gasteiger partial charge on any atom is 0.306 e. The van der Waals surface area contributed by atoms with Crippen molar-refractivity contribution in [3.05, 3.63) is 35.4 Å². The first kappa shape index (κ1) is 14.0. The molecule has 6 heteroatoms. The molecule has 1 heterocycles. The third kappa shape index (κ3) is 3.30. The molecular weight excluding hydrogens is 252 g/mol. The molecular formula is C13H16O6. The van der Waals surface area contributed by atoms with Crippen LogP contribution >= 0.6 is 0 Å². The zero-order valence-corrected chi connectivity index (χ0v) is 10.2. The molecule has 0 saturated carbocycles. The van der Waals surface area contributed by atoms with E-state index in [2.05, 4.69) is 0 Å². The lowest BCUT2D eigenvalue weighted by atomic mass is 9.97. The third-order valence-corrected chi connectivity index (χ3v) is 2.94. The molecule has 2 atom stereocenters. The minimum absolute atomic E-state index is 0.420. The van der Waals surface area contributed by atoms with Crippen molar-refractivity contribution in [1.82, 2.24) is 0 Å². The summed E-state index contributed by atoms with van der Waals surface area (Å²) in [4.78, 5) is 10.6. The number of rotatable bonds is 5. The lowest BCUT2D eigenvalue weighted by Crippen LogP contribution is -2.23. The normalized spacial score (nSPS) is 19.3. The van der Waals surface area contributed by atoms with E-state index in [0.29, 0.717) is 24.3 Å². The molecule has 19 heavy (non-hydrogen) atoms. The van der Waals surface area contributed by atoms with E-state index in [9.17, 15) is 15.0 Å². The Labute approximate surface area is 110 Å². The Morgan fingerprint density at radius 2 is 1.89 bits per heavy atom. The van der Waals surface area contributed by atoms with Gasteiger partial charge >= 0.3 is 5.97 Å². The number of carbonyl (C=O) groups is 1. The van der Waals surface area contributed by atoms with Gasteiger partial charge in [0, 0.05) is 5.56 Å². The van der Waals surface area contributed by atoms with E-state index in [1.165, 1.54) is 0 Å². The lowest BCUT2D eigenvalue weighted by molar-refractivity contribution is -0.141. The number of aliphatic carboxylic acids is 1. The highest BCUT2D eigenvalue weighted by atomic mass is 16.7. The van der Waals surface area contributed by atoms with Gasteiger partial charge in [-0.05, 0) is 5.56 Å². The highest BCUT2D eigenvalue weighted by molar-refractivity contribution is 5.67. The predicted octanol–water partition coefficient (Wildman–Crippen LogP) is 0.601. The summed E-state index contributed by atoms with van der Waals surface area (Å²) in [6.07, 6.45) is -3.77. The number of hydrogen-bond acceptors (Lipinski definition) is 5. The molecule has 1 aliphatic heterocycles. The van der Waals surface area contributed by atoms with Crippen molar-refractivity contribution in [1.29, 1.82) is 0 Å². The van der Waals surface area contributed by atoms with Gasteiger partial charge in [-0.2, -0.15) is 0 Å². The number of benzene rings is 1. The van der Waals surface area contributed by atoms with Gasteiger partial charge in [-0.25, -0.2) is 0 Å². The van der Waals surface area contributed by atoms with Crippen molar-refractivity contribution < 1.29 is 29.6 Å². The Balaban J connectivity index is 2.20. The Morgan fingerprint density at radius 3 is 2.53 bits per heavy atom. The van der Waals surface area contributed by atoms with E-state index < -0.39 is 30.9 Å². The molecule has 1 aromatic rings. The molecule has 1 fully saturated rings. The largest absolute Gasteiger partial charge is 0.481 e. The van der Waals surface area contributed by atoms with Gasteiger partial charge in [0.2, 0.25) is 0 Å². The van der Waals surface area contributed by atoms with Gasteiger partial charge in [0.25, 0.3) is 0 Å². The molecule has 0 aromatic heterocycles. The third-order valence-electron chi connectivity index (χ3n) is 2.94. The quantitative estimate of drug-likeness (QED) is 0.723. The maximum absolute atomic E-state index is 10.6. The minimum atomic E-state index is -1.37. The second-order valence-corrected chi connectivity index (χ2v) is 4.31. The van der Waals surface area contributed by atoms with Gasteiger partial charge in [-0.15, -0.1) is 0 Å². The molecule has 3 N–H and O–H groups in total. The first-order valence-corrected chi connectivity index (χ1v) is 5.99. The summed E-state index contributed by atoms with van der Waals surface area (Å²) in [6, 6.07) is 6.81. The summed E-state index contributed by atoms with van der Waals surface area (Å²) in [5.74, 6) is -1.17. The Morgan fingerprint density at radius 1 is 1.26 bits per heavy atom. The molecule has 6 nitrogen and oxygen atoms in total. The topological polar surface area (TPSA) is 96.2 Å². The van der Waals surface area contributed by atoms with E-state index in [-0.39, 0.29) is 0 Å². The number of aliphatic hydroxyl groups is 2. The monoisotopic (exact) mass is 268 g/mol. The highest BCUT2D eigenvalue weighted by Gasteiger charge is 2.28. The summed E-state index contributed by atoms with van der Waals surface area (Å²) in [5.41, 5.74) is 1.03. The molecule has 1 aliphatic rings. The van der Waals surface area contributed by atoms with Crippen LogP contribution < -0.4 is 0 Å².